The molecule has 0 aliphatic carbocycles. The number of imidazole rings is 2. The topological polar surface area (TPSA) is 151 Å². The molecular weight excluding hydrogens is 572 g/mol. The Morgan fingerprint density at radius 3 is 2.11 bits per heavy atom. The summed E-state index contributed by atoms with van der Waals surface area (Å²) in [5.74, 6) is 1.64. The van der Waals surface area contributed by atoms with E-state index in [-0.39, 0.29) is 11.6 Å². The first kappa shape index (κ1) is 33.3. The molecule has 3 N–H and O–H groups in total. The van der Waals surface area contributed by atoms with Gasteiger partial charge in [-0.05, 0) is 80.5 Å². The Kier molecular flexibility index (Phi) is 10.4. The number of benzene rings is 1. The fourth-order valence-electron chi connectivity index (χ4n) is 4.73. The van der Waals surface area contributed by atoms with E-state index in [1.54, 1.807) is 18.6 Å². The molecule has 4 aromatic rings. The van der Waals surface area contributed by atoms with Gasteiger partial charge in [-0.15, -0.1) is 0 Å². The molecule has 12 heteroatoms. The van der Waals surface area contributed by atoms with Gasteiger partial charge in [0.05, 0.1) is 54.0 Å². The highest BCUT2D eigenvalue weighted by atomic mass is 16.6. The Labute approximate surface area is 264 Å². The first-order valence-corrected chi connectivity index (χ1v) is 15.1. The molecule has 2 atom stereocenters. The van der Waals surface area contributed by atoms with Gasteiger partial charge in [0, 0.05) is 5.56 Å². The number of hydrogen-bond donors (Lipinski definition) is 3. The molecule has 240 valence electrons. The normalized spacial score (nSPS) is 16.0. The van der Waals surface area contributed by atoms with Crippen LogP contribution in [0.4, 0.5) is 4.79 Å². The molecule has 1 aromatic carbocycles. The van der Waals surface area contributed by atoms with Crippen LogP contribution >= 0.6 is 0 Å². The lowest BCUT2D eigenvalue weighted by atomic mass is 10.1. The standard InChI is InChI=1S/C28H34N8O2.C5H10O2/c1-17(33-27(37)38-28(2,3)4)25-31-16-23(35-25)22-15-29-20(13-30-22)18-8-10-19(11-9-18)21-14-32-26(34-21)24-7-6-12-36(24)5;1-5(2,3)7-4-6/h8-11,13-17,24H,6-7,12H2,1-5H3,(H,31,35)(H,32,34)(H,33,37);4H,1-3H3/t17-,24-;/m0./s1. The van der Waals surface area contributed by atoms with Crippen LogP contribution in [0.15, 0.2) is 49.1 Å². The summed E-state index contributed by atoms with van der Waals surface area (Å²) in [4.78, 5) is 48.9. The minimum absolute atomic E-state index is 0.318. The van der Waals surface area contributed by atoms with E-state index in [1.165, 1.54) is 6.42 Å². The number of H-pyrrole nitrogens is 2. The minimum atomic E-state index is -0.565. The largest absolute Gasteiger partial charge is 0.462 e. The van der Waals surface area contributed by atoms with Gasteiger partial charge >= 0.3 is 6.09 Å². The van der Waals surface area contributed by atoms with Gasteiger partial charge in [0.1, 0.15) is 28.5 Å². The Morgan fingerprint density at radius 1 is 0.911 bits per heavy atom. The Morgan fingerprint density at radius 2 is 1.56 bits per heavy atom. The molecular formula is C33H44N8O4. The van der Waals surface area contributed by atoms with Gasteiger partial charge in [0.25, 0.3) is 6.47 Å². The molecule has 0 spiro atoms. The highest BCUT2D eigenvalue weighted by molar-refractivity contribution is 5.68. The predicted molar refractivity (Wildman–Crippen MR) is 172 cm³/mol. The van der Waals surface area contributed by atoms with Crippen molar-refractivity contribution in [3.05, 3.63) is 60.7 Å². The van der Waals surface area contributed by atoms with Crippen molar-refractivity contribution in [2.75, 3.05) is 13.6 Å². The van der Waals surface area contributed by atoms with Crippen LogP contribution in [0, 0.1) is 0 Å². The summed E-state index contributed by atoms with van der Waals surface area (Å²) in [6.07, 6.45) is 8.91. The third-order valence-corrected chi connectivity index (χ3v) is 6.99. The van der Waals surface area contributed by atoms with Crippen LogP contribution in [0.2, 0.25) is 0 Å². The molecule has 0 saturated carbocycles. The van der Waals surface area contributed by atoms with E-state index < -0.39 is 11.7 Å². The minimum Gasteiger partial charge on any atom is -0.462 e. The molecule has 1 amide bonds. The third-order valence-electron chi connectivity index (χ3n) is 6.99. The van der Waals surface area contributed by atoms with Gasteiger partial charge in [-0.2, -0.15) is 0 Å². The molecule has 45 heavy (non-hydrogen) atoms. The molecule has 1 aliphatic rings. The first-order valence-electron chi connectivity index (χ1n) is 15.1. The molecule has 0 unspecified atom stereocenters. The van der Waals surface area contributed by atoms with Crippen LogP contribution < -0.4 is 5.32 Å². The average molecular weight is 617 g/mol. The number of aromatic amines is 2. The van der Waals surface area contributed by atoms with E-state index in [9.17, 15) is 9.59 Å². The second kappa shape index (κ2) is 14.0. The van der Waals surface area contributed by atoms with Crippen LogP contribution in [0.1, 0.15) is 85.0 Å². The SMILES string of the molecule is CC(C)(C)OC=O.C[C@H](NC(=O)OC(C)(C)C)c1ncc(-c2cnc(-c3ccc(-c4cnc([C@@H]5CCCN5C)[nH]4)cc3)cn2)[nH]1. The van der Waals surface area contributed by atoms with Gasteiger partial charge in [0.2, 0.25) is 0 Å². The van der Waals surface area contributed by atoms with Crippen LogP contribution in [-0.2, 0) is 14.3 Å². The van der Waals surface area contributed by atoms with Crippen molar-refractivity contribution in [3.63, 3.8) is 0 Å². The van der Waals surface area contributed by atoms with Crippen molar-refractivity contribution in [3.8, 4) is 33.9 Å². The molecule has 0 bridgehead atoms. The smallest absolute Gasteiger partial charge is 0.408 e. The van der Waals surface area contributed by atoms with Crippen molar-refractivity contribution in [2.45, 2.75) is 84.6 Å². The summed E-state index contributed by atoms with van der Waals surface area (Å²) >= 11 is 0. The van der Waals surface area contributed by atoms with E-state index in [4.69, 9.17) is 4.74 Å². The zero-order valence-corrected chi connectivity index (χ0v) is 27.3. The number of nitrogens with one attached hydrogen (secondary N) is 3. The van der Waals surface area contributed by atoms with Gasteiger partial charge in [-0.25, -0.2) is 14.8 Å². The molecule has 3 aromatic heterocycles. The number of alkyl carbamates (subject to hydrolysis) is 1. The van der Waals surface area contributed by atoms with Crippen molar-refractivity contribution < 1.29 is 19.1 Å². The number of aromatic nitrogens is 6. The molecule has 4 heterocycles. The summed E-state index contributed by atoms with van der Waals surface area (Å²) in [6, 6.07) is 8.24. The lowest BCUT2D eigenvalue weighted by molar-refractivity contribution is -0.138. The lowest BCUT2D eigenvalue weighted by Crippen LogP contribution is -2.34. The monoisotopic (exact) mass is 616 g/mol. The summed E-state index contributed by atoms with van der Waals surface area (Å²) in [7, 11) is 2.15. The number of nitrogens with zero attached hydrogens (tertiary/aromatic N) is 5. The average Bonchev–Trinajstić information content (AvgIpc) is 3.73. The second-order valence-corrected chi connectivity index (χ2v) is 13.1. The first-order chi connectivity index (χ1) is 21.2. The van der Waals surface area contributed by atoms with E-state index in [0.717, 1.165) is 47.0 Å². The number of carbonyl (C=O) groups is 2. The third kappa shape index (κ3) is 9.45. The zero-order valence-electron chi connectivity index (χ0n) is 27.3. The Balaban J connectivity index is 0.000000591. The zero-order chi connectivity index (χ0) is 32.8. The van der Waals surface area contributed by atoms with Gasteiger partial charge in [-0.1, -0.05) is 24.3 Å². The second-order valence-electron chi connectivity index (χ2n) is 13.1. The lowest BCUT2D eigenvalue weighted by Gasteiger charge is -2.21. The predicted octanol–water partition coefficient (Wildman–Crippen LogP) is 6.23. The summed E-state index contributed by atoms with van der Waals surface area (Å²) < 4.78 is 9.86. The number of likely N-dealkylation sites (tertiary alicyclic amines) is 1. The van der Waals surface area contributed by atoms with Crippen molar-refractivity contribution in [2.24, 2.45) is 0 Å². The Hall–Kier alpha value is -4.58. The molecule has 1 fully saturated rings. The van der Waals surface area contributed by atoms with E-state index in [1.807, 2.05) is 66.8 Å². The number of ether oxygens (including phenoxy) is 2. The Bertz CT molecular complexity index is 1550. The highest BCUT2D eigenvalue weighted by Crippen LogP contribution is 2.30. The van der Waals surface area contributed by atoms with Crippen molar-refractivity contribution in [1.29, 1.82) is 0 Å². The van der Waals surface area contributed by atoms with Crippen molar-refractivity contribution in [1.82, 2.24) is 40.1 Å². The van der Waals surface area contributed by atoms with Gasteiger partial charge < -0.3 is 24.8 Å². The molecule has 1 saturated heterocycles. The number of carbonyl (C=O) groups excluding carboxylic acids is 2. The van der Waals surface area contributed by atoms with E-state index >= 15 is 0 Å². The maximum Gasteiger partial charge on any atom is 0.408 e. The van der Waals surface area contributed by atoms with Gasteiger partial charge in [-0.3, -0.25) is 19.7 Å². The fraction of sp³-hybridized carbons (Fsp3) is 0.455. The van der Waals surface area contributed by atoms with E-state index in [0.29, 0.717) is 24.0 Å². The van der Waals surface area contributed by atoms with Gasteiger partial charge in [0.15, 0.2) is 0 Å². The van der Waals surface area contributed by atoms with Crippen LogP contribution in [-0.4, -0.2) is 72.2 Å². The number of rotatable bonds is 7. The van der Waals surface area contributed by atoms with Crippen molar-refractivity contribution >= 4 is 12.6 Å². The number of hydrogen-bond acceptors (Lipinski definition) is 9. The summed E-state index contributed by atoms with van der Waals surface area (Å²) in [6.45, 7) is 14.3. The molecule has 5 rings (SSSR count). The summed E-state index contributed by atoms with van der Waals surface area (Å²) in [5, 5.41) is 2.78. The molecule has 12 nitrogen and oxygen atoms in total. The highest BCUT2D eigenvalue weighted by Gasteiger charge is 2.25. The molecule has 1 aliphatic heterocycles. The van der Waals surface area contributed by atoms with Crippen LogP contribution in [0.3, 0.4) is 0 Å². The summed E-state index contributed by atoms with van der Waals surface area (Å²) in [5.41, 5.74) is 4.34. The number of amides is 1. The van der Waals surface area contributed by atoms with Crippen LogP contribution in [0.5, 0.6) is 0 Å². The van der Waals surface area contributed by atoms with Crippen LogP contribution in [0.25, 0.3) is 33.9 Å². The molecule has 0 radical (unpaired) electrons. The maximum atomic E-state index is 12.1. The van der Waals surface area contributed by atoms with E-state index in [2.05, 4.69) is 64.0 Å². The quantitative estimate of drug-likeness (QED) is 0.205. The fourth-order valence-corrected chi connectivity index (χ4v) is 4.73. The maximum absolute atomic E-state index is 12.1.